The minimum atomic E-state index is -5.08. The van der Waals surface area contributed by atoms with Gasteiger partial charge in [0.05, 0.1) is 46.9 Å². The standard InChI is InChI=1S/C31H29FN4O5.C2HF3O2/c1-39-14-13-36-26-16-21(30(37)38)6-8-25(26)34-28(36)18-35-11-9-20(10-12-35)22-3-2-4-27-29(22)41-31(40-27)23-7-5-19(17-33)15-24(23)32;3-2(4,5)1(6)7/h2-8,15-16,20,31H,9-14,18H2,1H3,(H,37,38);(H,6,7). The Labute approximate surface area is 271 Å². The van der Waals surface area contributed by atoms with Gasteiger partial charge in [0.15, 0.2) is 11.5 Å². The molecule has 11 nitrogen and oxygen atoms in total. The van der Waals surface area contributed by atoms with Crippen molar-refractivity contribution in [2.45, 2.75) is 44.3 Å². The SMILES string of the molecule is COCCn1c(CN2CCC(c3cccc4c3OC(c3ccc(C#N)cc3F)O4)CC2)nc2ccc(C(=O)O)cc21.O=C(O)C(F)(F)F. The number of likely N-dealkylation sites (tertiary alicyclic amines) is 1. The van der Waals surface area contributed by atoms with Gasteiger partial charge < -0.3 is 29.0 Å². The van der Waals surface area contributed by atoms with Crippen LogP contribution in [0.5, 0.6) is 11.5 Å². The number of carboxylic acid groups (broad SMARTS) is 2. The number of aliphatic carboxylic acids is 1. The second-order valence-electron chi connectivity index (χ2n) is 11.1. The number of hydrogen-bond donors (Lipinski definition) is 2. The topological polar surface area (TPSA) is 147 Å². The van der Waals surface area contributed by atoms with Gasteiger partial charge in [0.25, 0.3) is 6.29 Å². The second kappa shape index (κ2) is 14.3. The van der Waals surface area contributed by atoms with E-state index >= 15 is 0 Å². The van der Waals surface area contributed by atoms with Crippen LogP contribution in [0, 0.1) is 17.1 Å². The third-order valence-electron chi connectivity index (χ3n) is 8.08. The van der Waals surface area contributed by atoms with Crippen molar-refractivity contribution in [2.75, 3.05) is 26.8 Å². The highest BCUT2D eigenvalue weighted by Crippen LogP contribution is 2.47. The molecule has 4 aromatic rings. The van der Waals surface area contributed by atoms with Gasteiger partial charge in [-0.25, -0.2) is 19.0 Å². The summed E-state index contributed by atoms with van der Waals surface area (Å²) in [5.41, 5.74) is 3.33. The van der Waals surface area contributed by atoms with Gasteiger partial charge in [0, 0.05) is 19.2 Å². The molecule has 1 fully saturated rings. The molecular formula is C33H30F4N4O7. The first kappa shape index (κ1) is 34.1. The molecule has 252 valence electrons. The van der Waals surface area contributed by atoms with Crippen molar-refractivity contribution in [3.05, 3.63) is 88.5 Å². The lowest BCUT2D eigenvalue weighted by Gasteiger charge is -2.32. The van der Waals surface area contributed by atoms with Crippen LogP contribution in [0.2, 0.25) is 0 Å². The summed E-state index contributed by atoms with van der Waals surface area (Å²) in [6.07, 6.45) is -4.19. The molecule has 0 saturated carbocycles. The van der Waals surface area contributed by atoms with E-state index in [1.807, 2.05) is 24.3 Å². The van der Waals surface area contributed by atoms with Crippen molar-refractivity contribution in [1.29, 1.82) is 5.26 Å². The van der Waals surface area contributed by atoms with Crippen LogP contribution in [0.1, 0.15) is 57.9 Å². The lowest BCUT2D eigenvalue weighted by Crippen LogP contribution is -2.33. The van der Waals surface area contributed by atoms with Crippen molar-refractivity contribution in [2.24, 2.45) is 0 Å². The molecule has 0 bridgehead atoms. The highest BCUT2D eigenvalue weighted by Gasteiger charge is 2.38. The highest BCUT2D eigenvalue weighted by molar-refractivity contribution is 5.92. The number of benzene rings is 3. The third kappa shape index (κ3) is 7.50. The summed E-state index contributed by atoms with van der Waals surface area (Å²) in [6.45, 7) is 3.40. The fourth-order valence-corrected chi connectivity index (χ4v) is 5.69. The van der Waals surface area contributed by atoms with Gasteiger partial charge >= 0.3 is 18.1 Å². The number of methoxy groups -OCH3 is 1. The van der Waals surface area contributed by atoms with Crippen molar-refractivity contribution < 1.29 is 51.6 Å². The summed E-state index contributed by atoms with van der Waals surface area (Å²) in [5.74, 6) is -1.89. The predicted molar refractivity (Wildman–Crippen MR) is 161 cm³/mol. The fraction of sp³-hybridized carbons (Fsp3) is 0.333. The molecule has 0 spiro atoms. The zero-order valence-corrected chi connectivity index (χ0v) is 25.5. The van der Waals surface area contributed by atoms with Gasteiger partial charge in [-0.1, -0.05) is 12.1 Å². The van der Waals surface area contributed by atoms with Gasteiger partial charge in [-0.05, 0) is 74.3 Å². The molecule has 48 heavy (non-hydrogen) atoms. The van der Waals surface area contributed by atoms with Crippen LogP contribution in [-0.4, -0.2) is 69.6 Å². The summed E-state index contributed by atoms with van der Waals surface area (Å²) in [5, 5.41) is 25.6. The first-order valence-electron chi connectivity index (χ1n) is 14.8. The van der Waals surface area contributed by atoms with E-state index in [0.717, 1.165) is 48.4 Å². The van der Waals surface area contributed by atoms with Crippen LogP contribution < -0.4 is 9.47 Å². The van der Waals surface area contributed by atoms with E-state index in [1.165, 1.54) is 12.1 Å². The first-order chi connectivity index (χ1) is 22.9. The van der Waals surface area contributed by atoms with Crippen LogP contribution in [-0.2, 0) is 22.6 Å². The fourth-order valence-electron chi connectivity index (χ4n) is 5.69. The van der Waals surface area contributed by atoms with Crippen molar-refractivity contribution >= 4 is 23.0 Å². The van der Waals surface area contributed by atoms with E-state index in [4.69, 9.17) is 34.4 Å². The molecule has 1 atom stereocenters. The van der Waals surface area contributed by atoms with Crippen LogP contribution in [0.3, 0.4) is 0 Å². The minimum Gasteiger partial charge on any atom is -0.478 e. The molecule has 1 aromatic heterocycles. The Balaban J connectivity index is 0.000000582. The normalized spacial score (nSPS) is 16.3. The number of aromatic carboxylic acids is 1. The number of fused-ring (bicyclic) bond motifs is 2. The molecule has 0 aliphatic carbocycles. The van der Waals surface area contributed by atoms with E-state index in [1.54, 1.807) is 31.4 Å². The first-order valence-corrected chi connectivity index (χ1v) is 14.8. The maximum Gasteiger partial charge on any atom is 0.490 e. The quantitative estimate of drug-likeness (QED) is 0.218. The highest BCUT2D eigenvalue weighted by atomic mass is 19.4. The molecule has 0 radical (unpaired) electrons. The number of alkyl halides is 3. The summed E-state index contributed by atoms with van der Waals surface area (Å²) in [7, 11) is 1.64. The number of para-hydroxylation sites is 1. The second-order valence-corrected chi connectivity index (χ2v) is 11.1. The van der Waals surface area contributed by atoms with Crippen LogP contribution >= 0.6 is 0 Å². The molecule has 2 aliphatic rings. The number of nitriles is 1. The predicted octanol–water partition coefficient (Wildman–Crippen LogP) is 5.87. The van der Waals surface area contributed by atoms with Gasteiger partial charge in [-0.15, -0.1) is 0 Å². The molecular weight excluding hydrogens is 640 g/mol. The Bertz CT molecular complexity index is 1860. The summed E-state index contributed by atoms with van der Waals surface area (Å²) < 4.78 is 65.8. The van der Waals surface area contributed by atoms with E-state index in [2.05, 4.69) is 9.47 Å². The minimum absolute atomic E-state index is 0.231. The van der Waals surface area contributed by atoms with Gasteiger partial charge in [0.2, 0.25) is 0 Å². The molecule has 6 rings (SSSR count). The number of ether oxygens (including phenoxy) is 3. The molecule has 15 heteroatoms. The molecule has 2 aliphatic heterocycles. The summed E-state index contributed by atoms with van der Waals surface area (Å²) >= 11 is 0. The van der Waals surface area contributed by atoms with E-state index in [-0.39, 0.29) is 22.6 Å². The van der Waals surface area contributed by atoms with E-state index < -0.39 is 30.2 Å². The number of rotatable bonds is 8. The number of carbonyl (C=O) groups is 2. The van der Waals surface area contributed by atoms with Gasteiger partial charge in [0.1, 0.15) is 11.6 Å². The molecule has 1 saturated heterocycles. The van der Waals surface area contributed by atoms with Crippen molar-refractivity contribution in [3.8, 4) is 17.6 Å². The smallest absolute Gasteiger partial charge is 0.478 e. The maximum atomic E-state index is 14.7. The average molecular weight is 671 g/mol. The maximum absolute atomic E-state index is 14.7. The molecule has 3 aromatic carbocycles. The number of halogens is 4. The van der Waals surface area contributed by atoms with Gasteiger partial charge in [-0.2, -0.15) is 18.4 Å². The number of hydrogen-bond acceptors (Lipinski definition) is 8. The van der Waals surface area contributed by atoms with Crippen molar-refractivity contribution in [3.63, 3.8) is 0 Å². The Morgan fingerprint density at radius 1 is 1.06 bits per heavy atom. The zero-order chi connectivity index (χ0) is 34.6. The Morgan fingerprint density at radius 3 is 2.42 bits per heavy atom. The average Bonchev–Trinajstić information content (AvgIpc) is 3.64. The number of carboxylic acids is 2. The number of piperidine rings is 1. The van der Waals surface area contributed by atoms with E-state index in [9.17, 15) is 27.5 Å². The Morgan fingerprint density at radius 2 is 1.79 bits per heavy atom. The zero-order valence-electron chi connectivity index (χ0n) is 25.5. The monoisotopic (exact) mass is 670 g/mol. The summed E-state index contributed by atoms with van der Waals surface area (Å²) in [4.78, 5) is 27.6. The van der Waals surface area contributed by atoms with Crippen LogP contribution in [0.15, 0.2) is 54.6 Å². The lowest BCUT2D eigenvalue weighted by atomic mass is 9.88. The van der Waals surface area contributed by atoms with Gasteiger partial charge in [-0.3, -0.25) is 4.90 Å². The third-order valence-corrected chi connectivity index (χ3v) is 8.08. The van der Waals surface area contributed by atoms with Crippen molar-refractivity contribution in [1.82, 2.24) is 14.5 Å². The van der Waals surface area contributed by atoms with Crippen LogP contribution in [0.25, 0.3) is 11.0 Å². The van der Waals surface area contributed by atoms with Crippen LogP contribution in [0.4, 0.5) is 17.6 Å². The number of nitrogens with zero attached hydrogens (tertiary/aromatic N) is 4. The lowest BCUT2D eigenvalue weighted by molar-refractivity contribution is -0.192. The largest absolute Gasteiger partial charge is 0.490 e. The number of aromatic nitrogens is 2. The number of imidazole rings is 1. The molecule has 2 N–H and O–H groups in total. The van der Waals surface area contributed by atoms with E-state index in [0.29, 0.717) is 31.2 Å². The Hall–Kier alpha value is -5.20. The molecule has 3 heterocycles. The molecule has 0 amide bonds. The summed E-state index contributed by atoms with van der Waals surface area (Å²) in [6, 6.07) is 17.0. The molecule has 1 unspecified atom stereocenters. The Kier molecular flexibility index (Phi) is 10.2.